The molecule has 0 aromatic heterocycles. The van der Waals surface area contributed by atoms with E-state index in [1.54, 1.807) is 11.0 Å². The van der Waals surface area contributed by atoms with E-state index >= 15 is 0 Å². The van der Waals surface area contributed by atoms with Crippen molar-refractivity contribution in [1.82, 2.24) is 5.32 Å². The number of hydrogen-bond donors (Lipinski definition) is 1. The predicted molar refractivity (Wildman–Crippen MR) is 83.3 cm³/mol. The Labute approximate surface area is 134 Å². The standard InChI is InChI=1S/C15H20F2N2O3S/c1-2-18-14(20)11-6-5-9-19(10-11)12-7-3-4-8-13(12)23(21,22)15(16)17/h3-4,7-8,11,15H,2,5-6,9-10H2,1H3,(H,18,20). The molecule has 128 valence electrons. The van der Waals surface area contributed by atoms with E-state index in [4.69, 9.17) is 0 Å². The number of carbonyl (C=O) groups is 1. The average molecular weight is 346 g/mol. The first kappa shape index (κ1) is 17.7. The smallest absolute Gasteiger partial charge is 0.341 e. The van der Waals surface area contributed by atoms with Gasteiger partial charge in [-0.2, -0.15) is 8.78 Å². The molecule has 1 amide bonds. The molecule has 1 saturated heterocycles. The Hall–Kier alpha value is -1.70. The van der Waals surface area contributed by atoms with Gasteiger partial charge in [0, 0.05) is 19.6 Å². The Balaban J connectivity index is 2.30. The van der Waals surface area contributed by atoms with Crippen LogP contribution in [0.5, 0.6) is 0 Å². The van der Waals surface area contributed by atoms with Crippen molar-refractivity contribution < 1.29 is 22.0 Å². The van der Waals surface area contributed by atoms with Crippen LogP contribution in [0.2, 0.25) is 0 Å². The van der Waals surface area contributed by atoms with Crippen LogP contribution in [0.1, 0.15) is 19.8 Å². The zero-order chi connectivity index (χ0) is 17.0. The van der Waals surface area contributed by atoms with Crippen molar-refractivity contribution in [3.8, 4) is 0 Å². The monoisotopic (exact) mass is 346 g/mol. The van der Waals surface area contributed by atoms with E-state index in [-0.39, 0.29) is 22.4 Å². The Kier molecular flexibility index (Phi) is 5.56. The molecule has 23 heavy (non-hydrogen) atoms. The molecule has 0 bridgehead atoms. The summed E-state index contributed by atoms with van der Waals surface area (Å²) in [5.74, 6) is -3.83. The number of piperidine rings is 1. The van der Waals surface area contributed by atoms with Gasteiger partial charge >= 0.3 is 5.76 Å². The quantitative estimate of drug-likeness (QED) is 0.886. The number of nitrogens with zero attached hydrogens (tertiary/aromatic N) is 1. The van der Waals surface area contributed by atoms with Gasteiger partial charge in [0.25, 0.3) is 0 Å². The highest BCUT2D eigenvalue weighted by atomic mass is 32.2. The van der Waals surface area contributed by atoms with E-state index in [0.29, 0.717) is 32.5 Å². The van der Waals surface area contributed by atoms with Gasteiger partial charge < -0.3 is 10.2 Å². The fourth-order valence-corrected chi connectivity index (χ4v) is 3.73. The third-order valence-corrected chi connectivity index (χ3v) is 5.32. The topological polar surface area (TPSA) is 66.5 Å². The second-order valence-electron chi connectivity index (χ2n) is 5.45. The van der Waals surface area contributed by atoms with Gasteiger partial charge in [-0.1, -0.05) is 12.1 Å². The first-order chi connectivity index (χ1) is 10.9. The summed E-state index contributed by atoms with van der Waals surface area (Å²) in [7, 11) is -4.68. The Morgan fingerprint density at radius 1 is 1.39 bits per heavy atom. The summed E-state index contributed by atoms with van der Waals surface area (Å²) < 4.78 is 49.5. The minimum Gasteiger partial charge on any atom is -0.370 e. The van der Waals surface area contributed by atoms with E-state index in [1.165, 1.54) is 18.2 Å². The third kappa shape index (κ3) is 3.80. The van der Waals surface area contributed by atoms with Crippen LogP contribution in [-0.2, 0) is 14.6 Å². The molecule has 0 spiro atoms. The summed E-state index contributed by atoms with van der Waals surface area (Å²) >= 11 is 0. The lowest BCUT2D eigenvalue weighted by molar-refractivity contribution is -0.125. The molecule has 1 aliphatic heterocycles. The largest absolute Gasteiger partial charge is 0.370 e. The number of hydrogen-bond acceptors (Lipinski definition) is 4. The summed E-state index contributed by atoms with van der Waals surface area (Å²) in [5, 5.41) is 2.75. The van der Waals surface area contributed by atoms with Gasteiger partial charge in [-0.3, -0.25) is 4.79 Å². The maximum atomic E-state index is 12.9. The van der Waals surface area contributed by atoms with Gasteiger partial charge in [-0.25, -0.2) is 8.42 Å². The van der Waals surface area contributed by atoms with Crippen LogP contribution in [0.3, 0.4) is 0 Å². The van der Waals surface area contributed by atoms with Crippen LogP contribution in [0, 0.1) is 5.92 Å². The van der Waals surface area contributed by atoms with Gasteiger partial charge in [0.2, 0.25) is 15.7 Å². The summed E-state index contributed by atoms with van der Waals surface area (Å²) in [6, 6.07) is 5.72. The Morgan fingerprint density at radius 3 is 2.74 bits per heavy atom. The SMILES string of the molecule is CCNC(=O)C1CCCN(c2ccccc2S(=O)(=O)C(F)F)C1. The molecule has 1 fully saturated rings. The molecule has 1 N–H and O–H groups in total. The molecule has 1 atom stereocenters. The minimum atomic E-state index is -4.68. The number of nitrogens with one attached hydrogen (secondary N) is 1. The van der Waals surface area contributed by atoms with Crippen LogP contribution in [0.4, 0.5) is 14.5 Å². The molecule has 1 aromatic rings. The summed E-state index contributed by atoms with van der Waals surface area (Å²) in [5.41, 5.74) is 0.238. The van der Waals surface area contributed by atoms with Crippen molar-refractivity contribution in [3.05, 3.63) is 24.3 Å². The number of halogens is 2. The molecule has 0 radical (unpaired) electrons. The van der Waals surface area contributed by atoms with Crippen LogP contribution in [-0.4, -0.2) is 39.7 Å². The molecule has 1 unspecified atom stereocenters. The van der Waals surface area contributed by atoms with Gasteiger partial charge in [0.1, 0.15) is 0 Å². The number of alkyl halides is 2. The number of para-hydroxylation sites is 1. The normalized spacial score (nSPS) is 19.0. The molecule has 2 rings (SSSR count). The van der Waals surface area contributed by atoms with E-state index in [1.807, 2.05) is 6.92 Å². The number of sulfone groups is 1. The van der Waals surface area contributed by atoms with Crippen molar-refractivity contribution in [2.75, 3.05) is 24.5 Å². The number of amides is 1. The lowest BCUT2D eigenvalue weighted by Crippen LogP contribution is -2.43. The molecule has 5 nitrogen and oxygen atoms in total. The lowest BCUT2D eigenvalue weighted by Gasteiger charge is -2.34. The highest BCUT2D eigenvalue weighted by molar-refractivity contribution is 7.91. The van der Waals surface area contributed by atoms with E-state index in [2.05, 4.69) is 5.32 Å². The van der Waals surface area contributed by atoms with Gasteiger partial charge in [-0.05, 0) is 31.9 Å². The lowest BCUT2D eigenvalue weighted by atomic mass is 9.96. The van der Waals surface area contributed by atoms with Gasteiger partial charge in [0.05, 0.1) is 16.5 Å². The van der Waals surface area contributed by atoms with Crippen LogP contribution < -0.4 is 10.2 Å². The number of anilines is 1. The van der Waals surface area contributed by atoms with Crippen LogP contribution in [0.15, 0.2) is 29.2 Å². The van der Waals surface area contributed by atoms with Crippen LogP contribution >= 0.6 is 0 Å². The minimum absolute atomic E-state index is 0.0913. The zero-order valence-electron chi connectivity index (χ0n) is 12.8. The van der Waals surface area contributed by atoms with Crippen molar-refractivity contribution in [2.24, 2.45) is 5.92 Å². The fraction of sp³-hybridized carbons (Fsp3) is 0.533. The Bertz CT molecular complexity index is 664. The average Bonchev–Trinajstić information content (AvgIpc) is 2.55. The summed E-state index contributed by atoms with van der Waals surface area (Å²) in [6.07, 6.45) is 1.40. The third-order valence-electron chi connectivity index (χ3n) is 3.89. The molecule has 1 aliphatic rings. The first-order valence-corrected chi connectivity index (χ1v) is 9.06. The van der Waals surface area contributed by atoms with Crippen molar-refractivity contribution in [2.45, 2.75) is 30.4 Å². The number of rotatable bonds is 5. The maximum absolute atomic E-state index is 12.9. The predicted octanol–water partition coefficient (Wildman–Crippen LogP) is 2.04. The molecular weight excluding hydrogens is 326 g/mol. The second kappa shape index (κ2) is 7.25. The summed E-state index contributed by atoms with van der Waals surface area (Å²) in [6.45, 7) is 3.20. The van der Waals surface area contributed by atoms with Gasteiger partial charge in [-0.15, -0.1) is 0 Å². The maximum Gasteiger partial charge on any atom is 0.341 e. The van der Waals surface area contributed by atoms with E-state index < -0.39 is 15.6 Å². The Morgan fingerprint density at radius 2 is 2.09 bits per heavy atom. The number of carbonyl (C=O) groups excluding carboxylic acids is 1. The molecule has 0 aliphatic carbocycles. The van der Waals surface area contributed by atoms with Crippen molar-refractivity contribution in [1.29, 1.82) is 0 Å². The first-order valence-electron chi connectivity index (χ1n) is 7.51. The highest BCUT2D eigenvalue weighted by Gasteiger charge is 2.33. The van der Waals surface area contributed by atoms with Crippen LogP contribution in [0.25, 0.3) is 0 Å². The molecular formula is C15H20F2N2O3S. The molecule has 0 saturated carbocycles. The summed E-state index contributed by atoms with van der Waals surface area (Å²) in [4.78, 5) is 13.3. The molecule has 8 heteroatoms. The second-order valence-corrected chi connectivity index (χ2v) is 7.34. The zero-order valence-corrected chi connectivity index (χ0v) is 13.7. The van der Waals surface area contributed by atoms with Gasteiger partial charge in [0.15, 0.2) is 0 Å². The fourth-order valence-electron chi connectivity index (χ4n) is 2.78. The molecule has 1 aromatic carbocycles. The van der Waals surface area contributed by atoms with E-state index in [0.717, 1.165) is 0 Å². The van der Waals surface area contributed by atoms with Crippen molar-refractivity contribution >= 4 is 21.4 Å². The van der Waals surface area contributed by atoms with E-state index in [9.17, 15) is 22.0 Å². The molecule has 1 heterocycles. The van der Waals surface area contributed by atoms with Crippen molar-refractivity contribution in [3.63, 3.8) is 0 Å². The highest BCUT2D eigenvalue weighted by Crippen LogP contribution is 2.32. The number of benzene rings is 1.